The lowest BCUT2D eigenvalue weighted by atomic mass is 10.1. The number of hydrogen-bond donors (Lipinski definition) is 0. The summed E-state index contributed by atoms with van der Waals surface area (Å²) in [5.41, 5.74) is 1.60. The molecule has 0 unspecified atom stereocenters. The summed E-state index contributed by atoms with van der Waals surface area (Å²) in [7, 11) is 0.253. The number of rotatable bonds is 7. The van der Waals surface area contributed by atoms with Crippen molar-refractivity contribution in [2.45, 2.75) is 24.2 Å². The van der Waals surface area contributed by atoms with E-state index in [4.69, 9.17) is 4.74 Å². The van der Waals surface area contributed by atoms with Crippen molar-refractivity contribution in [2.75, 3.05) is 38.7 Å². The Morgan fingerprint density at radius 1 is 0.900 bits per heavy atom. The number of sulfonamides is 1. The van der Waals surface area contributed by atoms with Crippen LogP contribution in [0.1, 0.15) is 40.0 Å². The summed E-state index contributed by atoms with van der Waals surface area (Å²) in [4.78, 5) is 26.6. The van der Waals surface area contributed by atoms with E-state index in [2.05, 4.69) is 0 Å². The van der Waals surface area contributed by atoms with E-state index >= 15 is 0 Å². The quantitative estimate of drug-likeness (QED) is 0.496. The highest BCUT2D eigenvalue weighted by atomic mass is 32.2. The van der Waals surface area contributed by atoms with E-state index in [1.54, 1.807) is 24.3 Å². The van der Waals surface area contributed by atoms with Gasteiger partial charge >= 0.3 is 5.97 Å². The Hall–Kier alpha value is -2.71. The van der Waals surface area contributed by atoms with Gasteiger partial charge in [-0.15, -0.1) is 0 Å². The van der Waals surface area contributed by atoms with E-state index in [0.717, 1.165) is 24.9 Å². The summed E-state index contributed by atoms with van der Waals surface area (Å²) in [6, 6.07) is 12.6. The van der Waals surface area contributed by atoms with Gasteiger partial charge in [0.2, 0.25) is 10.0 Å². The third-order valence-corrected chi connectivity index (χ3v) is 7.00. The zero-order valence-corrected chi connectivity index (χ0v) is 18.0. The van der Waals surface area contributed by atoms with Crippen molar-refractivity contribution >= 4 is 27.5 Å². The molecule has 7 nitrogen and oxygen atoms in total. The Kier molecular flexibility index (Phi) is 6.89. The van der Waals surface area contributed by atoms with Gasteiger partial charge in [0.05, 0.1) is 10.5 Å². The molecule has 2 aromatic rings. The molecular weight excluding hydrogens is 404 g/mol. The predicted octanol–water partition coefficient (Wildman–Crippen LogP) is 2.97. The third kappa shape index (κ3) is 5.06. The molecule has 1 aliphatic heterocycles. The molecule has 0 N–H and O–H groups in total. The van der Waals surface area contributed by atoms with Crippen molar-refractivity contribution in [1.29, 1.82) is 0 Å². The first-order valence-electron chi connectivity index (χ1n) is 9.87. The summed E-state index contributed by atoms with van der Waals surface area (Å²) < 4.78 is 31.9. The van der Waals surface area contributed by atoms with Gasteiger partial charge in [-0.3, -0.25) is 4.79 Å². The Balaban J connectivity index is 1.60. The molecular formula is C22H26N2O5S. The Morgan fingerprint density at radius 2 is 1.47 bits per heavy atom. The van der Waals surface area contributed by atoms with Gasteiger partial charge in [0.25, 0.3) is 0 Å². The first-order valence-corrected chi connectivity index (χ1v) is 11.3. The molecule has 0 aromatic heterocycles. The molecule has 3 rings (SSSR count). The second kappa shape index (κ2) is 9.40. The summed E-state index contributed by atoms with van der Waals surface area (Å²) in [6.45, 7) is 0.634. The van der Waals surface area contributed by atoms with Gasteiger partial charge in [-0.1, -0.05) is 6.42 Å². The topological polar surface area (TPSA) is 84.0 Å². The number of esters is 1. The summed E-state index contributed by atoms with van der Waals surface area (Å²) in [6.07, 6.45) is 2.76. The van der Waals surface area contributed by atoms with Gasteiger partial charge in [0, 0.05) is 38.4 Å². The van der Waals surface area contributed by atoms with Gasteiger partial charge in [-0.2, -0.15) is 4.31 Å². The van der Waals surface area contributed by atoms with Crippen molar-refractivity contribution in [1.82, 2.24) is 4.31 Å². The maximum atomic E-state index is 12.7. The van der Waals surface area contributed by atoms with E-state index in [-0.39, 0.29) is 4.90 Å². The average Bonchev–Trinajstić information content (AvgIpc) is 2.78. The van der Waals surface area contributed by atoms with E-state index < -0.39 is 28.4 Å². The second-order valence-corrected chi connectivity index (χ2v) is 9.37. The minimum absolute atomic E-state index is 0.166. The molecule has 1 saturated heterocycles. The van der Waals surface area contributed by atoms with Crippen LogP contribution in [0.5, 0.6) is 0 Å². The minimum atomic E-state index is -3.54. The van der Waals surface area contributed by atoms with E-state index in [0.29, 0.717) is 24.2 Å². The molecule has 0 spiro atoms. The van der Waals surface area contributed by atoms with Crippen molar-refractivity contribution in [3.63, 3.8) is 0 Å². The fraction of sp³-hybridized carbons (Fsp3) is 0.364. The molecule has 0 bridgehead atoms. The number of benzene rings is 2. The number of carbonyl (C=O) groups is 2. The van der Waals surface area contributed by atoms with Crippen LogP contribution in [0.15, 0.2) is 53.4 Å². The van der Waals surface area contributed by atoms with Crippen LogP contribution in [0.2, 0.25) is 0 Å². The monoisotopic (exact) mass is 430 g/mol. The number of nitrogens with zero attached hydrogens (tertiary/aromatic N) is 2. The second-order valence-electron chi connectivity index (χ2n) is 7.43. The highest BCUT2D eigenvalue weighted by molar-refractivity contribution is 7.89. The smallest absolute Gasteiger partial charge is 0.338 e. The standard InChI is InChI=1S/C22H26N2O5S/c1-23(2)19-10-6-18(7-11-19)22(26)29-16-21(25)17-8-12-20(13-9-17)30(27,28)24-14-4-3-5-15-24/h6-13H,3-5,14-16H2,1-2H3. The van der Waals surface area contributed by atoms with Crippen LogP contribution in [0.25, 0.3) is 0 Å². The van der Waals surface area contributed by atoms with Gasteiger partial charge in [0.1, 0.15) is 0 Å². The Bertz CT molecular complexity index is 993. The zero-order valence-electron chi connectivity index (χ0n) is 17.2. The van der Waals surface area contributed by atoms with Gasteiger partial charge in [-0.05, 0) is 61.4 Å². The number of ketones is 1. The van der Waals surface area contributed by atoms with Crippen LogP contribution in [-0.2, 0) is 14.8 Å². The lowest BCUT2D eigenvalue weighted by Crippen LogP contribution is -2.35. The normalized spacial score (nSPS) is 14.9. The van der Waals surface area contributed by atoms with Crippen LogP contribution < -0.4 is 4.90 Å². The fourth-order valence-electron chi connectivity index (χ4n) is 3.26. The van der Waals surface area contributed by atoms with Crippen LogP contribution in [0.4, 0.5) is 5.69 Å². The highest BCUT2D eigenvalue weighted by Crippen LogP contribution is 2.21. The highest BCUT2D eigenvalue weighted by Gasteiger charge is 2.26. The molecule has 30 heavy (non-hydrogen) atoms. The molecule has 1 heterocycles. The zero-order chi connectivity index (χ0) is 21.7. The lowest BCUT2D eigenvalue weighted by molar-refractivity contribution is 0.0475. The fourth-order valence-corrected chi connectivity index (χ4v) is 4.78. The third-order valence-electron chi connectivity index (χ3n) is 5.08. The van der Waals surface area contributed by atoms with Crippen LogP contribution in [-0.4, -0.2) is 58.3 Å². The average molecular weight is 431 g/mol. The lowest BCUT2D eigenvalue weighted by Gasteiger charge is -2.25. The number of piperidine rings is 1. The first-order chi connectivity index (χ1) is 14.3. The van der Waals surface area contributed by atoms with Crippen molar-refractivity contribution in [3.8, 4) is 0 Å². The Labute approximate surface area is 177 Å². The maximum absolute atomic E-state index is 12.7. The van der Waals surface area contributed by atoms with Crippen LogP contribution in [0, 0.1) is 0 Å². The first kappa shape index (κ1) is 22.0. The van der Waals surface area contributed by atoms with Gasteiger partial charge in [-0.25, -0.2) is 13.2 Å². The van der Waals surface area contributed by atoms with Crippen LogP contribution >= 0.6 is 0 Å². The number of Topliss-reactive ketones (excluding diaryl/α,β-unsaturated/α-hetero) is 1. The molecule has 0 saturated carbocycles. The molecule has 2 aromatic carbocycles. The molecule has 1 fully saturated rings. The van der Waals surface area contributed by atoms with E-state index in [1.807, 2.05) is 19.0 Å². The summed E-state index contributed by atoms with van der Waals surface area (Å²) in [5, 5.41) is 0. The molecule has 160 valence electrons. The molecule has 0 amide bonds. The predicted molar refractivity (Wildman–Crippen MR) is 114 cm³/mol. The Morgan fingerprint density at radius 3 is 2.03 bits per heavy atom. The molecule has 8 heteroatoms. The minimum Gasteiger partial charge on any atom is -0.454 e. The van der Waals surface area contributed by atoms with Crippen LogP contribution in [0.3, 0.4) is 0 Å². The summed E-state index contributed by atoms with van der Waals surface area (Å²) in [5.74, 6) is -0.979. The largest absolute Gasteiger partial charge is 0.454 e. The van der Waals surface area contributed by atoms with Crippen molar-refractivity contribution in [3.05, 3.63) is 59.7 Å². The number of ether oxygens (including phenoxy) is 1. The number of carbonyl (C=O) groups excluding carboxylic acids is 2. The van der Waals surface area contributed by atoms with Gasteiger partial charge < -0.3 is 9.64 Å². The van der Waals surface area contributed by atoms with Gasteiger partial charge in [0.15, 0.2) is 12.4 Å². The number of anilines is 1. The van der Waals surface area contributed by atoms with E-state index in [1.165, 1.54) is 28.6 Å². The SMILES string of the molecule is CN(C)c1ccc(C(=O)OCC(=O)c2ccc(S(=O)(=O)N3CCCCC3)cc2)cc1. The number of hydrogen-bond acceptors (Lipinski definition) is 6. The summed E-state index contributed by atoms with van der Waals surface area (Å²) >= 11 is 0. The van der Waals surface area contributed by atoms with Crippen molar-refractivity contribution < 1.29 is 22.7 Å². The van der Waals surface area contributed by atoms with E-state index in [9.17, 15) is 18.0 Å². The molecule has 0 aliphatic carbocycles. The molecule has 0 radical (unpaired) electrons. The van der Waals surface area contributed by atoms with Crippen molar-refractivity contribution in [2.24, 2.45) is 0 Å². The maximum Gasteiger partial charge on any atom is 0.338 e. The molecule has 1 aliphatic rings. The molecule has 0 atom stereocenters.